The fourth-order valence-electron chi connectivity index (χ4n) is 2.13. The molecule has 0 radical (unpaired) electrons. The standard InChI is InChI=1S/C9H15NO/c11-7-9-3-5-10-4-1-2-8(9)6-10/h3,8,11H,1-2,4-7H2. The lowest BCUT2D eigenvalue weighted by molar-refractivity contribution is 0.179. The van der Waals surface area contributed by atoms with E-state index in [9.17, 15) is 0 Å². The van der Waals surface area contributed by atoms with Crippen molar-refractivity contribution in [3.8, 4) is 0 Å². The summed E-state index contributed by atoms with van der Waals surface area (Å²) in [5.74, 6) is 0.669. The number of nitrogens with zero attached hydrogens (tertiary/aromatic N) is 1. The van der Waals surface area contributed by atoms with Crippen LogP contribution in [0, 0.1) is 5.92 Å². The Morgan fingerprint density at radius 3 is 3.36 bits per heavy atom. The van der Waals surface area contributed by atoms with Crippen molar-refractivity contribution in [2.45, 2.75) is 12.8 Å². The lowest BCUT2D eigenvalue weighted by atomic mass is 9.88. The summed E-state index contributed by atoms with van der Waals surface area (Å²) in [5.41, 5.74) is 1.28. The largest absolute Gasteiger partial charge is 0.392 e. The van der Waals surface area contributed by atoms with Gasteiger partial charge in [-0.25, -0.2) is 0 Å². The molecular weight excluding hydrogens is 138 g/mol. The van der Waals surface area contributed by atoms with Crippen molar-refractivity contribution in [3.05, 3.63) is 11.6 Å². The molecule has 62 valence electrons. The minimum absolute atomic E-state index is 0.276. The van der Waals surface area contributed by atoms with Crippen LogP contribution in [0.5, 0.6) is 0 Å². The summed E-state index contributed by atoms with van der Waals surface area (Å²) in [5, 5.41) is 9.02. The van der Waals surface area contributed by atoms with Crippen molar-refractivity contribution < 1.29 is 5.11 Å². The number of aliphatic hydroxyl groups is 1. The SMILES string of the molecule is OCC1=CCN2CCCC1C2. The van der Waals surface area contributed by atoms with Gasteiger partial charge in [-0.15, -0.1) is 0 Å². The molecule has 0 amide bonds. The van der Waals surface area contributed by atoms with Gasteiger partial charge >= 0.3 is 0 Å². The van der Waals surface area contributed by atoms with Crippen molar-refractivity contribution >= 4 is 0 Å². The average molecular weight is 153 g/mol. The van der Waals surface area contributed by atoms with Gasteiger partial charge in [0.2, 0.25) is 0 Å². The predicted octanol–water partition coefficient (Wildman–Crippen LogP) is 0.631. The van der Waals surface area contributed by atoms with Crippen LogP contribution in [0.1, 0.15) is 12.8 Å². The molecule has 2 unspecified atom stereocenters. The van der Waals surface area contributed by atoms with Crippen LogP contribution >= 0.6 is 0 Å². The Kier molecular flexibility index (Phi) is 1.96. The van der Waals surface area contributed by atoms with E-state index in [0.717, 1.165) is 6.54 Å². The van der Waals surface area contributed by atoms with Crippen molar-refractivity contribution in [2.75, 3.05) is 26.2 Å². The van der Waals surface area contributed by atoms with Crippen LogP contribution in [0.3, 0.4) is 0 Å². The van der Waals surface area contributed by atoms with E-state index in [0.29, 0.717) is 5.92 Å². The Morgan fingerprint density at radius 1 is 1.64 bits per heavy atom. The smallest absolute Gasteiger partial charge is 0.0645 e. The topological polar surface area (TPSA) is 23.5 Å². The minimum Gasteiger partial charge on any atom is -0.392 e. The summed E-state index contributed by atoms with van der Waals surface area (Å²) in [6.07, 6.45) is 4.79. The Morgan fingerprint density at radius 2 is 2.55 bits per heavy atom. The molecule has 2 aliphatic heterocycles. The molecule has 2 bridgehead atoms. The van der Waals surface area contributed by atoms with Gasteiger partial charge in [0.1, 0.15) is 0 Å². The van der Waals surface area contributed by atoms with Crippen molar-refractivity contribution in [3.63, 3.8) is 0 Å². The second-order valence-corrected chi connectivity index (χ2v) is 3.54. The highest BCUT2D eigenvalue weighted by molar-refractivity contribution is 5.13. The normalized spacial score (nSPS) is 36.6. The third-order valence-electron chi connectivity index (χ3n) is 2.82. The highest BCUT2D eigenvalue weighted by Gasteiger charge is 2.25. The molecule has 0 aromatic heterocycles. The predicted molar refractivity (Wildman–Crippen MR) is 44.3 cm³/mol. The van der Waals surface area contributed by atoms with Crippen molar-refractivity contribution in [1.29, 1.82) is 0 Å². The molecule has 1 N–H and O–H groups in total. The second-order valence-electron chi connectivity index (χ2n) is 3.54. The molecule has 2 nitrogen and oxygen atoms in total. The van der Waals surface area contributed by atoms with Crippen LogP contribution in [0.25, 0.3) is 0 Å². The van der Waals surface area contributed by atoms with Gasteiger partial charge in [-0.05, 0) is 30.9 Å². The summed E-state index contributed by atoms with van der Waals surface area (Å²) < 4.78 is 0. The summed E-state index contributed by atoms with van der Waals surface area (Å²) in [7, 11) is 0. The fraction of sp³-hybridized carbons (Fsp3) is 0.778. The Bertz CT molecular complexity index is 176. The van der Waals surface area contributed by atoms with E-state index in [1.165, 1.54) is 31.5 Å². The molecule has 0 aromatic rings. The number of aliphatic hydroxyl groups excluding tert-OH is 1. The van der Waals surface area contributed by atoms with E-state index < -0.39 is 0 Å². The van der Waals surface area contributed by atoms with Crippen LogP contribution in [-0.2, 0) is 0 Å². The van der Waals surface area contributed by atoms with Gasteiger partial charge in [0.25, 0.3) is 0 Å². The van der Waals surface area contributed by atoms with Gasteiger partial charge in [0.05, 0.1) is 6.61 Å². The van der Waals surface area contributed by atoms with Crippen molar-refractivity contribution in [2.24, 2.45) is 5.92 Å². The van der Waals surface area contributed by atoms with Gasteiger partial charge in [-0.2, -0.15) is 0 Å². The maximum atomic E-state index is 9.02. The molecule has 0 spiro atoms. The third kappa shape index (κ3) is 1.33. The summed E-state index contributed by atoms with van der Waals surface area (Å²) in [6, 6.07) is 0. The van der Waals surface area contributed by atoms with Gasteiger partial charge in [-0.1, -0.05) is 6.08 Å². The van der Waals surface area contributed by atoms with Gasteiger partial charge in [0.15, 0.2) is 0 Å². The molecule has 2 atom stereocenters. The first kappa shape index (κ1) is 7.32. The molecule has 1 saturated heterocycles. The quantitative estimate of drug-likeness (QED) is 0.558. The maximum Gasteiger partial charge on any atom is 0.0645 e. The zero-order valence-corrected chi connectivity index (χ0v) is 6.79. The van der Waals surface area contributed by atoms with Crippen LogP contribution in [-0.4, -0.2) is 36.2 Å². The highest BCUT2D eigenvalue weighted by atomic mass is 16.3. The zero-order valence-electron chi connectivity index (χ0n) is 6.79. The van der Waals surface area contributed by atoms with Gasteiger partial charge in [-0.3, -0.25) is 4.90 Å². The lowest BCUT2D eigenvalue weighted by Crippen LogP contribution is -2.40. The van der Waals surface area contributed by atoms with E-state index in [-0.39, 0.29) is 6.61 Å². The highest BCUT2D eigenvalue weighted by Crippen LogP contribution is 2.26. The number of hydrogen-bond acceptors (Lipinski definition) is 2. The van der Waals surface area contributed by atoms with Crippen molar-refractivity contribution in [1.82, 2.24) is 4.90 Å². The van der Waals surface area contributed by atoms with E-state index in [1.807, 2.05) is 0 Å². The first-order valence-electron chi connectivity index (χ1n) is 4.42. The molecule has 0 aromatic carbocycles. The average Bonchev–Trinajstić information content (AvgIpc) is 2.06. The summed E-state index contributed by atoms with van der Waals surface area (Å²) in [6.45, 7) is 3.78. The fourth-order valence-corrected chi connectivity index (χ4v) is 2.13. The zero-order chi connectivity index (χ0) is 7.68. The lowest BCUT2D eigenvalue weighted by Gasteiger charge is -2.37. The molecule has 11 heavy (non-hydrogen) atoms. The summed E-state index contributed by atoms with van der Waals surface area (Å²) in [4.78, 5) is 2.47. The maximum absolute atomic E-state index is 9.02. The summed E-state index contributed by atoms with van der Waals surface area (Å²) >= 11 is 0. The number of hydrogen-bond donors (Lipinski definition) is 1. The van der Waals surface area contributed by atoms with E-state index in [4.69, 9.17) is 5.11 Å². The molecule has 1 fully saturated rings. The molecule has 0 aliphatic carbocycles. The number of rotatable bonds is 1. The van der Waals surface area contributed by atoms with E-state index >= 15 is 0 Å². The van der Waals surface area contributed by atoms with Crippen LogP contribution in [0.2, 0.25) is 0 Å². The van der Waals surface area contributed by atoms with Crippen LogP contribution < -0.4 is 0 Å². The molecule has 2 heterocycles. The molecule has 2 heteroatoms. The first-order valence-corrected chi connectivity index (χ1v) is 4.42. The first-order chi connectivity index (χ1) is 5.40. The van der Waals surface area contributed by atoms with Crippen LogP contribution in [0.4, 0.5) is 0 Å². The molecule has 0 saturated carbocycles. The third-order valence-corrected chi connectivity index (χ3v) is 2.82. The molecule has 2 aliphatic rings. The van der Waals surface area contributed by atoms with Crippen LogP contribution in [0.15, 0.2) is 11.6 Å². The molecular formula is C9H15NO. The van der Waals surface area contributed by atoms with Gasteiger partial charge in [0, 0.05) is 13.1 Å². The number of piperidine rings is 1. The van der Waals surface area contributed by atoms with E-state index in [1.54, 1.807) is 0 Å². The van der Waals surface area contributed by atoms with Gasteiger partial charge < -0.3 is 5.11 Å². The van der Waals surface area contributed by atoms with E-state index in [2.05, 4.69) is 11.0 Å². The monoisotopic (exact) mass is 153 g/mol. The molecule has 2 rings (SSSR count). The Hall–Kier alpha value is -0.340. The number of fused-ring (bicyclic) bond motifs is 2. The minimum atomic E-state index is 0.276. The Balaban J connectivity index is 2.11. The Labute approximate surface area is 67.5 Å². The second kappa shape index (κ2) is 2.95.